The van der Waals surface area contributed by atoms with Crippen LogP contribution in [0, 0.1) is 17.0 Å². The van der Waals surface area contributed by atoms with E-state index in [0.29, 0.717) is 5.02 Å². The first kappa shape index (κ1) is 20.7. The molecule has 1 amide bonds. The fourth-order valence-corrected chi connectivity index (χ4v) is 3.89. The molecule has 0 heterocycles. The van der Waals surface area contributed by atoms with Crippen molar-refractivity contribution in [3.05, 3.63) is 63.2 Å². The average Bonchev–Trinajstić information content (AvgIpc) is 2.57. The van der Waals surface area contributed by atoms with Crippen LogP contribution in [-0.2, 0) is 14.8 Å². The summed E-state index contributed by atoms with van der Waals surface area (Å²) in [4.78, 5) is 23.2. The van der Waals surface area contributed by atoms with Gasteiger partial charge in [-0.1, -0.05) is 17.7 Å². The minimum absolute atomic E-state index is 0.141. The molecule has 2 rings (SSSR count). The first-order chi connectivity index (χ1) is 12.5. The molecule has 2 aromatic carbocycles. The molecule has 0 aliphatic carbocycles. The highest BCUT2D eigenvalue weighted by molar-refractivity contribution is 7.92. The summed E-state index contributed by atoms with van der Waals surface area (Å²) in [6.07, 6.45) is 0.990. The summed E-state index contributed by atoms with van der Waals surface area (Å²) < 4.78 is 25.5. The van der Waals surface area contributed by atoms with E-state index in [0.717, 1.165) is 10.6 Å². The number of carbonyl (C=O) groups excluding carboxylic acids is 1. The number of nitrogens with zero attached hydrogens (tertiary/aromatic N) is 2. The lowest BCUT2D eigenvalue weighted by molar-refractivity contribution is -0.385. The predicted molar refractivity (Wildman–Crippen MR) is 105 cm³/mol. The number of nitrogens with one attached hydrogen (secondary N) is 1. The van der Waals surface area contributed by atoms with E-state index in [1.54, 1.807) is 0 Å². The molecule has 0 fully saturated rings. The van der Waals surface area contributed by atoms with Crippen LogP contribution in [-0.4, -0.2) is 31.5 Å². The molecule has 0 saturated heterocycles. The molecule has 0 bridgehead atoms. The van der Waals surface area contributed by atoms with Crippen molar-refractivity contribution in [2.45, 2.75) is 19.9 Å². The summed E-state index contributed by atoms with van der Waals surface area (Å²) in [5.41, 5.74) is 0.657. The minimum Gasteiger partial charge on any atom is -0.324 e. The van der Waals surface area contributed by atoms with Gasteiger partial charge in [-0.15, -0.1) is 0 Å². The highest BCUT2D eigenvalue weighted by Crippen LogP contribution is 2.27. The van der Waals surface area contributed by atoms with Crippen LogP contribution in [0.25, 0.3) is 0 Å². The van der Waals surface area contributed by atoms with E-state index < -0.39 is 26.9 Å². The third kappa shape index (κ3) is 4.75. The highest BCUT2D eigenvalue weighted by atomic mass is 35.5. The van der Waals surface area contributed by atoms with Gasteiger partial charge in [0.1, 0.15) is 6.04 Å². The number of rotatable bonds is 6. The molecule has 1 unspecified atom stereocenters. The zero-order chi connectivity index (χ0) is 20.4. The van der Waals surface area contributed by atoms with Crippen LogP contribution in [0.3, 0.4) is 0 Å². The van der Waals surface area contributed by atoms with E-state index in [1.807, 2.05) is 0 Å². The van der Waals surface area contributed by atoms with E-state index in [-0.39, 0.29) is 22.6 Å². The number of hydrogen-bond donors (Lipinski definition) is 1. The molecular formula is C17H18ClN3O5S. The van der Waals surface area contributed by atoms with Crippen molar-refractivity contribution in [2.24, 2.45) is 0 Å². The van der Waals surface area contributed by atoms with Crippen molar-refractivity contribution in [3.8, 4) is 0 Å². The van der Waals surface area contributed by atoms with Crippen molar-refractivity contribution in [1.29, 1.82) is 0 Å². The van der Waals surface area contributed by atoms with Crippen molar-refractivity contribution >= 4 is 44.6 Å². The molecule has 0 aliphatic heterocycles. The van der Waals surface area contributed by atoms with Crippen LogP contribution in [0.4, 0.5) is 17.1 Å². The molecule has 0 saturated carbocycles. The molecular weight excluding hydrogens is 394 g/mol. The standard InChI is InChI=1S/C17H18ClN3O5S/c1-11-15(5-4-6-16(11)21(23)24)19-17(22)12(2)20(27(3,25)26)14-9-7-13(18)8-10-14/h4-10,12H,1-3H3,(H,19,22). The number of anilines is 2. The fraction of sp³-hybridized carbons (Fsp3) is 0.235. The Hall–Kier alpha value is -2.65. The second kappa shape index (κ2) is 7.93. The Morgan fingerprint density at radius 2 is 1.81 bits per heavy atom. The Morgan fingerprint density at radius 1 is 1.22 bits per heavy atom. The molecule has 1 N–H and O–H groups in total. The molecule has 2 aromatic rings. The van der Waals surface area contributed by atoms with Gasteiger partial charge in [0, 0.05) is 11.1 Å². The van der Waals surface area contributed by atoms with Crippen LogP contribution in [0.1, 0.15) is 12.5 Å². The molecule has 0 spiro atoms. The summed E-state index contributed by atoms with van der Waals surface area (Å²) in [5, 5.41) is 14.0. The first-order valence-corrected chi connectivity index (χ1v) is 10.0. The van der Waals surface area contributed by atoms with Gasteiger partial charge < -0.3 is 5.32 Å². The lowest BCUT2D eigenvalue weighted by Crippen LogP contribution is -2.45. The monoisotopic (exact) mass is 411 g/mol. The molecule has 8 nitrogen and oxygen atoms in total. The second-order valence-corrected chi connectivity index (χ2v) is 8.20. The molecule has 144 valence electrons. The van der Waals surface area contributed by atoms with Crippen molar-refractivity contribution < 1.29 is 18.1 Å². The van der Waals surface area contributed by atoms with E-state index in [4.69, 9.17) is 11.6 Å². The van der Waals surface area contributed by atoms with Gasteiger partial charge in [0.2, 0.25) is 15.9 Å². The third-order valence-electron chi connectivity index (χ3n) is 3.93. The Bertz CT molecular complexity index is 977. The summed E-state index contributed by atoms with van der Waals surface area (Å²) in [7, 11) is -3.78. The Morgan fingerprint density at radius 3 is 2.33 bits per heavy atom. The van der Waals surface area contributed by atoms with Gasteiger partial charge in [0.15, 0.2) is 0 Å². The van der Waals surface area contributed by atoms with Gasteiger partial charge in [-0.25, -0.2) is 8.42 Å². The van der Waals surface area contributed by atoms with E-state index in [1.165, 1.54) is 56.3 Å². The number of benzene rings is 2. The first-order valence-electron chi connectivity index (χ1n) is 7.82. The summed E-state index contributed by atoms with van der Waals surface area (Å²) >= 11 is 5.84. The summed E-state index contributed by atoms with van der Waals surface area (Å²) in [6, 6.07) is 9.20. The maximum atomic E-state index is 12.7. The van der Waals surface area contributed by atoms with Crippen LogP contribution < -0.4 is 9.62 Å². The van der Waals surface area contributed by atoms with E-state index in [2.05, 4.69) is 5.32 Å². The average molecular weight is 412 g/mol. The van der Waals surface area contributed by atoms with E-state index >= 15 is 0 Å². The number of amides is 1. The second-order valence-electron chi connectivity index (χ2n) is 5.91. The maximum Gasteiger partial charge on any atom is 0.274 e. The highest BCUT2D eigenvalue weighted by Gasteiger charge is 2.29. The Balaban J connectivity index is 2.35. The summed E-state index contributed by atoms with van der Waals surface area (Å²) in [6.45, 7) is 2.93. The number of halogens is 1. The Kier molecular flexibility index (Phi) is 6.07. The smallest absolute Gasteiger partial charge is 0.274 e. The van der Waals surface area contributed by atoms with Gasteiger partial charge in [-0.05, 0) is 44.2 Å². The molecule has 1 atom stereocenters. The molecule has 0 aromatic heterocycles. The van der Waals surface area contributed by atoms with Crippen LogP contribution >= 0.6 is 11.6 Å². The number of nitro benzene ring substituents is 1. The predicted octanol–water partition coefficient (Wildman–Crippen LogP) is 3.35. The molecule has 0 radical (unpaired) electrons. The van der Waals surface area contributed by atoms with Gasteiger partial charge in [-0.2, -0.15) is 0 Å². The SMILES string of the molecule is Cc1c(NC(=O)C(C)N(c2ccc(Cl)cc2)S(C)(=O)=O)cccc1[N+](=O)[O-]. The number of nitro groups is 1. The van der Waals surface area contributed by atoms with Gasteiger partial charge in [0.25, 0.3) is 5.69 Å². The minimum atomic E-state index is -3.78. The van der Waals surface area contributed by atoms with Crippen molar-refractivity contribution in [1.82, 2.24) is 0 Å². The lowest BCUT2D eigenvalue weighted by Gasteiger charge is -2.28. The third-order valence-corrected chi connectivity index (χ3v) is 5.42. The van der Waals surface area contributed by atoms with E-state index in [9.17, 15) is 23.3 Å². The molecule has 10 heteroatoms. The maximum absolute atomic E-state index is 12.7. The number of hydrogen-bond acceptors (Lipinski definition) is 5. The van der Waals surface area contributed by atoms with Crippen LogP contribution in [0.2, 0.25) is 5.02 Å². The van der Waals surface area contributed by atoms with Crippen LogP contribution in [0.15, 0.2) is 42.5 Å². The number of carbonyl (C=O) groups is 1. The van der Waals surface area contributed by atoms with Gasteiger partial charge in [-0.3, -0.25) is 19.2 Å². The normalized spacial score (nSPS) is 12.3. The quantitative estimate of drug-likeness (QED) is 0.579. The number of sulfonamides is 1. The topological polar surface area (TPSA) is 110 Å². The Labute approximate surface area is 162 Å². The lowest BCUT2D eigenvalue weighted by atomic mass is 10.1. The molecule has 0 aliphatic rings. The van der Waals surface area contributed by atoms with Gasteiger partial charge >= 0.3 is 0 Å². The van der Waals surface area contributed by atoms with Crippen molar-refractivity contribution in [2.75, 3.05) is 15.9 Å². The zero-order valence-corrected chi connectivity index (χ0v) is 16.4. The summed E-state index contributed by atoms with van der Waals surface area (Å²) in [5.74, 6) is -0.626. The largest absolute Gasteiger partial charge is 0.324 e. The molecule has 27 heavy (non-hydrogen) atoms. The van der Waals surface area contributed by atoms with Crippen molar-refractivity contribution in [3.63, 3.8) is 0 Å². The zero-order valence-electron chi connectivity index (χ0n) is 14.8. The fourth-order valence-electron chi connectivity index (χ4n) is 2.59. The van der Waals surface area contributed by atoms with Gasteiger partial charge in [0.05, 0.1) is 28.1 Å². The van der Waals surface area contributed by atoms with Crippen LogP contribution in [0.5, 0.6) is 0 Å².